The Balaban J connectivity index is 2.66. The molecular formula is C13H9Br2IO. The molecule has 0 saturated carbocycles. The van der Waals surface area contributed by atoms with Crippen molar-refractivity contribution in [3.8, 4) is 16.9 Å². The molecule has 88 valence electrons. The molecule has 0 saturated heterocycles. The van der Waals surface area contributed by atoms with Crippen molar-refractivity contribution in [2.45, 2.75) is 0 Å². The topological polar surface area (TPSA) is 9.23 Å². The zero-order chi connectivity index (χ0) is 12.4. The minimum Gasteiger partial charge on any atom is -0.496 e. The molecule has 2 rings (SSSR count). The van der Waals surface area contributed by atoms with Crippen LogP contribution in [0.15, 0.2) is 45.3 Å². The normalized spacial score (nSPS) is 10.4. The molecule has 2 aromatic carbocycles. The first-order chi connectivity index (χ1) is 8.11. The Hall–Kier alpha value is -0.0700. The van der Waals surface area contributed by atoms with Crippen molar-refractivity contribution in [3.63, 3.8) is 0 Å². The van der Waals surface area contributed by atoms with Gasteiger partial charge in [-0.25, -0.2) is 0 Å². The van der Waals surface area contributed by atoms with Crippen LogP contribution >= 0.6 is 54.5 Å². The van der Waals surface area contributed by atoms with E-state index in [0.717, 1.165) is 25.8 Å². The number of hydrogen-bond acceptors (Lipinski definition) is 1. The number of benzene rings is 2. The Bertz CT molecular complexity index is 555. The lowest BCUT2D eigenvalue weighted by Gasteiger charge is -2.11. The van der Waals surface area contributed by atoms with E-state index in [1.807, 2.05) is 24.3 Å². The van der Waals surface area contributed by atoms with Gasteiger partial charge in [0.05, 0.1) is 7.11 Å². The van der Waals surface area contributed by atoms with Crippen LogP contribution in [0.25, 0.3) is 11.1 Å². The fraction of sp³-hybridized carbons (Fsp3) is 0.0769. The first-order valence-corrected chi connectivity index (χ1v) is 7.57. The zero-order valence-electron chi connectivity index (χ0n) is 9.01. The van der Waals surface area contributed by atoms with Gasteiger partial charge in [-0.3, -0.25) is 0 Å². The summed E-state index contributed by atoms with van der Waals surface area (Å²) in [4.78, 5) is 0. The molecule has 0 heterocycles. The van der Waals surface area contributed by atoms with Crippen LogP contribution in [0.5, 0.6) is 5.75 Å². The van der Waals surface area contributed by atoms with Gasteiger partial charge >= 0.3 is 0 Å². The molecule has 0 aromatic heterocycles. The third-order valence-corrected chi connectivity index (χ3v) is 4.24. The molecule has 0 unspecified atom stereocenters. The molecule has 1 nitrogen and oxygen atoms in total. The second-order valence-corrected chi connectivity index (χ2v) is 6.48. The molecule has 0 atom stereocenters. The molecule has 0 aliphatic heterocycles. The van der Waals surface area contributed by atoms with Crippen molar-refractivity contribution >= 4 is 54.5 Å². The lowest BCUT2D eigenvalue weighted by molar-refractivity contribution is 0.416. The summed E-state index contributed by atoms with van der Waals surface area (Å²) in [6, 6.07) is 12.3. The summed E-state index contributed by atoms with van der Waals surface area (Å²) in [6.45, 7) is 0. The van der Waals surface area contributed by atoms with Crippen LogP contribution in [0.4, 0.5) is 0 Å². The maximum atomic E-state index is 5.41. The van der Waals surface area contributed by atoms with Crippen LogP contribution < -0.4 is 4.74 Å². The van der Waals surface area contributed by atoms with Crippen LogP contribution in [0.3, 0.4) is 0 Å². The van der Waals surface area contributed by atoms with Crippen LogP contribution in [-0.4, -0.2) is 7.11 Å². The molecule has 17 heavy (non-hydrogen) atoms. The number of ether oxygens (including phenoxy) is 1. The maximum absolute atomic E-state index is 5.41. The van der Waals surface area contributed by atoms with Crippen molar-refractivity contribution in [3.05, 3.63) is 48.9 Å². The van der Waals surface area contributed by atoms with Crippen LogP contribution in [0.1, 0.15) is 0 Å². The van der Waals surface area contributed by atoms with Crippen LogP contribution in [0.2, 0.25) is 0 Å². The summed E-state index contributed by atoms with van der Waals surface area (Å²) in [5, 5.41) is 0. The summed E-state index contributed by atoms with van der Waals surface area (Å²) >= 11 is 9.37. The van der Waals surface area contributed by atoms with E-state index in [0.29, 0.717) is 0 Å². The SMILES string of the molecule is COc1ccc(I)cc1-c1cc(Br)ccc1Br. The molecule has 0 fully saturated rings. The van der Waals surface area contributed by atoms with Gasteiger partial charge in [-0.05, 0) is 59.0 Å². The Morgan fingerprint density at radius 3 is 2.47 bits per heavy atom. The predicted octanol–water partition coefficient (Wildman–Crippen LogP) is 5.49. The Morgan fingerprint density at radius 1 is 1.00 bits per heavy atom. The van der Waals surface area contributed by atoms with E-state index in [1.165, 1.54) is 3.57 Å². The lowest BCUT2D eigenvalue weighted by Crippen LogP contribution is -1.89. The molecule has 0 aliphatic rings. The fourth-order valence-electron chi connectivity index (χ4n) is 1.59. The molecule has 0 N–H and O–H groups in total. The van der Waals surface area contributed by atoms with E-state index in [1.54, 1.807) is 7.11 Å². The second-order valence-electron chi connectivity index (χ2n) is 3.47. The standard InChI is InChI=1S/C13H9Br2IO/c1-17-13-5-3-9(16)7-11(13)10-6-8(14)2-4-12(10)15/h2-7H,1H3. The summed E-state index contributed by atoms with van der Waals surface area (Å²) in [7, 11) is 1.69. The Kier molecular flexibility index (Phi) is 4.49. The van der Waals surface area contributed by atoms with Gasteiger partial charge in [0.15, 0.2) is 0 Å². The zero-order valence-corrected chi connectivity index (χ0v) is 14.3. The number of methoxy groups -OCH3 is 1. The van der Waals surface area contributed by atoms with Crippen LogP contribution in [0, 0.1) is 3.57 Å². The molecular weight excluding hydrogens is 459 g/mol. The highest BCUT2D eigenvalue weighted by molar-refractivity contribution is 14.1. The van der Waals surface area contributed by atoms with Gasteiger partial charge in [0.2, 0.25) is 0 Å². The van der Waals surface area contributed by atoms with Crippen molar-refractivity contribution in [2.75, 3.05) is 7.11 Å². The van der Waals surface area contributed by atoms with Gasteiger partial charge in [0, 0.05) is 23.6 Å². The largest absolute Gasteiger partial charge is 0.496 e. The molecule has 0 bridgehead atoms. The highest BCUT2D eigenvalue weighted by atomic mass is 127. The van der Waals surface area contributed by atoms with Gasteiger partial charge in [-0.2, -0.15) is 0 Å². The molecule has 0 spiro atoms. The van der Waals surface area contributed by atoms with Gasteiger partial charge in [-0.1, -0.05) is 31.9 Å². The average molecular weight is 468 g/mol. The molecule has 0 amide bonds. The number of rotatable bonds is 2. The quantitative estimate of drug-likeness (QED) is 0.530. The average Bonchev–Trinajstić information content (AvgIpc) is 2.32. The smallest absolute Gasteiger partial charge is 0.126 e. The fourth-order valence-corrected chi connectivity index (χ4v) is 2.91. The number of halogens is 3. The summed E-state index contributed by atoms with van der Waals surface area (Å²) in [5.74, 6) is 0.879. The Morgan fingerprint density at radius 2 is 1.76 bits per heavy atom. The van der Waals surface area contributed by atoms with E-state index in [2.05, 4.69) is 66.6 Å². The minimum atomic E-state index is 0.879. The summed E-state index contributed by atoms with van der Waals surface area (Å²) in [5.41, 5.74) is 2.21. The molecule has 0 aliphatic carbocycles. The van der Waals surface area contributed by atoms with E-state index < -0.39 is 0 Å². The highest BCUT2D eigenvalue weighted by Crippen LogP contribution is 2.37. The van der Waals surface area contributed by atoms with Crippen LogP contribution in [-0.2, 0) is 0 Å². The highest BCUT2D eigenvalue weighted by Gasteiger charge is 2.10. The second kappa shape index (κ2) is 5.71. The molecule has 4 heteroatoms. The molecule has 2 aromatic rings. The van der Waals surface area contributed by atoms with Crippen molar-refractivity contribution < 1.29 is 4.74 Å². The number of hydrogen-bond donors (Lipinski definition) is 0. The first-order valence-electron chi connectivity index (χ1n) is 4.91. The maximum Gasteiger partial charge on any atom is 0.126 e. The summed E-state index contributed by atoms with van der Waals surface area (Å²) < 4.78 is 8.70. The van der Waals surface area contributed by atoms with Gasteiger partial charge < -0.3 is 4.74 Å². The first kappa shape index (κ1) is 13.4. The van der Waals surface area contributed by atoms with E-state index >= 15 is 0 Å². The monoisotopic (exact) mass is 466 g/mol. The third-order valence-electron chi connectivity index (χ3n) is 2.38. The van der Waals surface area contributed by atoms with E-state index in [-0.39, 0.29) is 0 Å². The third kappa shape index (κ3) is 3.03. The van der Waals surface area contributed by atoms with E-state index in [4.69, 9.17) is 4.74 Å². The van der Waals surface area contributed by atoms with Crippen molar-refractivity contribution in [2.24, 2.45) is 0 Å². The van der Waals surface area contributed by atoms with Gasteiger partial charge in [0.25, 0.3) is 0 Å². The van der Waals surface area contributed by atoms with Gasteiger partial charge in [-0.15, -0.1) is 0 Å². The molecule has 0 radical (unpaired) electrons. The Labute approximate surface area is 131 Å². The van der Waals surface area contributed by atoms with E-state index in [9.17, 15) is 0 Å². The minimum absolute atomic E-state index is 0.879. The van der Waals surface area contributed by atoms with Crippen molar-refractivity contribution in [1.82, 2.24) is 0 Å². The van der Waals surface area contributed by atoms with Crippen molar-refractivity contribution in [1.29, 1.82) is 0 Å². The van der Waals surface area contributed by atoms with Gasteiger partial charge in [0.1, 0.15) is 5.75 Å². The lowest BCUT2D eigenvalue weighted by atomic mass is 10.1. The summed E-state index contributed by atoms with van der Waals surface area (Å²) in [6.07, 6.45) is 0. The predicted molar refractivity (Wildman–Crippen MR) is 86.5 cm³/mol.